The van der Waals surface area contributed by atoms with Crippen LogP contribution in [0.3, 0.4) is 0 Å². The Morgan fingerprint density at radius 3 is 2.61 bits per heavy atom. The molecule has 4 rings (SSSR count). The number of benzene rings is 1. The van der Waals surface area contributed by atoms with Crippen molar-refractivity contribution >= 4 is 48.9 Å². The van der Waals surface area contributed by atoms with Crippen molar-refractivity contribution in [2.75, 3.05) is 50.2 Å². The van der Waals surface area contributed by atoms with Crippen LogP contribution in [0.1, 0.15) is 20.8 Å². The number of aromatic nitrogens is 1. The summed E-state index contributed by atoms with van der Waals surface area (Å²) < 4.78 is 47.2. The second kappa shape index (κ2) is 8.64. The number of morpholine rings is 1. The summed E-state index contributed by atoms with van der Waals surface area (Å²) in [5, 5.41) is 3.46. The topological polar surface area (TPSA) is 57.7 Å². The summed E-state index contributed by atoms with van der Waals surface area (Å²) >= 11 is 2.69. The average Bonchev–Trinajstić information content (AvgIpc) is 3.31. The first-order chi connectivity index (χ1) is 14.7. The van der Waals surface area contributed by atoms with Gasteiger partial charge in [0, 0.05) is 39.4 Å². The summed E-state index contributed by atoms with van der Waals surface area (Å²) in [6, 6.07) is 5.98. The highest BCUT2D eigenvalue weighted by molar-refractivity contribution is 7.29. The van der Waals surface area contributed by atoms with Crippen molar-refractivity contribution in [3.63, 3.8) is 0 Å². The monoisotopic (exact) mass is 470 g/mol. The summed E-state index contributed by atoms with van der Waals surface area (Å²) in [6.07, 6.45) is -4.51. The summed E-state index contributed by atoms with van der Waals surface area (Å²) in [6.45, 7) is 1.86. The van der Waals surface area contributed by atoms with Crippen LogP contribution in [-0.4, -0.2) is 51.3 Å². The second-order valence-electron chi connectivity index (χ2n) is 7.29. The predicted octanol–water partition coefficient (Wildman–Crippen LogP) is 4.21. The zero-order valence-corrected chi connectivity index (χ0v) is 18.6. The maximum atomic E-state index is 13.7. The van der Waals surface area contributed by atoms with Crippen LogP contribution in [0.25, 0.3) is 9.53 Å². The number of carbonyl (C=O) groups is 1. The first kappa shape index (κ1) is 21.8. The molecule has 11 heteroatoms. The van der Waals surface area contributed by atoms with E-state index in [1.54, 1.807) is 12.1 Å². The van der Waals surface area contributed by atoms with Crippen LogP contribution < -0.4 is 15.1 Å². The molecule has 0 saturated carbocycles. The fraction of sp³-hybridized carbons (Fsp3) is 0.400. The Kier molecular flexibility index (Phi) is 6.09. The van der Waals surface area contributed by atoms with Crippen LogP contribution in [0.2, 0.25) is 0 Å². The highest BCUT2D eigenvalue weighted by Crippen LogP contribution is 2.36. The number of nitrogens with zero attached hydrogens (tertiary/aromatic N) is 3. The Bertz CT molecular complexity index is 1060. The average molecular weight is 471 g/mol. The molecule has 2 aromatic heterocycles. The van der Waals surface area contributed by atoms with E-state index < -0.39 is 17.6 Å². The molecule has 1 aliphatic rings. The SMILES string of the molecule is CN(C)c1nc2sc(C(=O)NCc3ccc(N4CCOCC4)cc3C(F)(F)F)cc2s1. The molecule has 1 N–H and O–H groups in total. The maximum absolute atomic E-state index is 13.7. The standard InChI is InChI=1S/C20H21F3N4O2S2/c1-26(2)19-25-18-16(31-19)10-15(30-18)17(28)24-11-12-3-4-13(9-14(12)20(21,22)23)27-5-7-29-8-6-27/h3-4,9-10H,5-8,11H2,1-2H3,(H,24,28). The highest BCUT2D eigenvalue weighted by atomic mass is 32.1. The minimum Gasteiger partial charge on any atom is -0.378 e. The highest BCUT2D eigenvalue weighted by Gasteiger charge is 2.34. The van der Waals surface area contributed by atoms with E-state index in [4.69, 9.17) is 4.74 Å². The normalized spacial score (nSPS) is 14.8. The zero-order chi connectivity index (χ0) is 22.2. The van der Waals surface area contributed by atoms with Crippen LogP contribution in [-0.2, 0) is 17.5 Å². The molecule has 3 aromatic rings. The van der Waals surface area contributed by atoms with E-state index in [2.05, 4.69) is 10.3 Å². The number of thiazole rings is 1. The smallest absolute Gasteiger partial charge is 0.378 e. The predicted molar refractivity (Wildman–Crippen MR) is 117 cm³/mol. The van der Waals surface area contributed by atoms with Crippen LogP contribution >= 0.6 is 22.7 Å². The van der Waals surface area contributed by atoms with Gasteiger partial charge in [-0.3, -0.25) is 4.79 Å². The molecule has 1 amide bonds. The Morgan fingerprint density at radius 1 is 1.23 bits per heavy atom. The van der Waals surface area contributed by atoms with Crippen molar-refractivity contribution in [1.29, 1.82) is 0 Å². The third-order valence-corrected chi connectivity index (χ3v) is 7.23. The van der Waals surface area contributed by atoms with E-state index in [0.29, 0.717) is 36.9 Å². The number of rotatable bonds is 5. The minimum atomic E-state index is -4.51. The summed E-state index contributed by atoms with van der Waals surface area (Å²) in [7, 11) is 3.77. The van der Waals surface area contributed by atoms with Crippen molar-refractivity contribution in [2.45, 2.75) is 12.7 Å². The molecule has 0 spiro atoms. The number of amides is 1. The van der Waals surface area contributed by atoms with Crippen molar-refractivity contribution in [3.8, 4) is 0 Å². The lowest BCUT2D eigenvalue weighted by atomic mass is 10.0. The molecule has 3 heterocycles. The molecule has 31 heavy (non-hydrogen) atoms. The van der Waals surface area contributed by atoms with Gasteiger partial charge in [0.1, 0.15) is 4.83 Å². The molecule has 1 aliphatic heterocycles. The molecule has 0 aliphatic carbocycles. The van der Waals surface area contributed by atoms with E-state index in [1.807, 2.05) is 23.9 Å². The van der Waals surface area contributed by atoms with Gasteiger partial charge in [0.2, 0.25) is 0 Å². The molecule has 0 atom stereocenters. The van der Waals surface area contributed by atoms with E-state index in [0.717, 1.165) is 20.7 Å². The Labute approximate surface area is 185 Å². The number of hydrogen-bond acceptors (Lipinski definition) is 7. The molecule has 0 radical (unpaired) electrons. The Balaban J connectivity index is 1.50. The van der Waals surface area contributed by atoms with E-state index in [-0.39, 0.29) is 12.1 Å². The van der Waals surface area contributed by atoms with E-state index >= 15 is 0 Å². The fourth-order valence-corrected chi connectivity index (χ4v) is 5.34. The van der Waals surface area contributed by atoms with Crippen molar-refractivity contribution < 1.29 is 22.7 Å². The van der Waals surface area contributed by atoms with Crippen molar-refractivity contribution in [1.82, 2.24) is 10.3 Å². The van der Waals surface area contributed by atoms with Gasteiger partial charge in [-0.25, -0.2) is 4.98 Å². The lowest BCUT2D eigenvalue weighted by Gasteiger charge is -2.29. The summed E-state index contributed by atoms with van der Waals surface area (Å²) in [5.74, 6) is -0.410. The minimum absolute atomic E-state index is 0.0317. The quantitative estimate of drug-likeness (QED) is 0.606. The third-order valence-electron chi connectivity index (χ3n) is 4.90. The van der Waals surface area contributed by atoms with Crippen LogP contribution in [0, 0.1) is 0 Å². The largest absolute Gasteiger partial charge is 0.416 e. The number of thiophene rings is 1. The number of hydrogen-bond donors (Lipinski definition) is 1. The molecule has 6 nitrogen and oxygen atoms in total. The van der Waals surface area contributed by atoms with Gasteiger partial charge in [-0.05, 0) is 23.8 Å². The molecule has 166 valence electrons. The van der Waals surface area contributed by atoms with Gasteiger partial charge in [-0.1, -0.05) is 17.4 Å². The molecule has 0 bridgehead atoms. The second-order valence-corrected chi connectivity index (χ2v) is 9.33. The summed E-state index contributed by atoms with van der Waals surface area (Å²) in [5.41, 5.74) is -0.197. The van der Waals surface area contributed by atoms with Gasteiger partial charge >= 0.3 is 6.18 Å². The number of ether oxygens (including phenoxy) is 1. The first-order valence-corrected chi connectivity index (χ1v) is 11.2. The van der Waals surface area contributed by atoms with Crippen LogP contribution in [0.4, 0.5) is 24.0 Å². The number of alkyl halides is 3. The number of carbonyl (C=O) groups excluding carboxylic acids is 1. The van der Waals surface area contributed by atoms with Crippen molar-refractivity contribution in [2.24, 2.45) is 0 Å². The van der Waals surface area contributed by atoms with Gasteiger partial charge < -0.3 is 19.9 Å². The maximum Gasteiger partial charge on any atom is 0.416 e. The first-order valence-electron chi connectivity index (χ1n) is 9.61. The van der Waals surface area contributed by atoms with Crippen LogP contribution in [0.15, 0.2) is 24.3 Å². The molecule has 1 saturated heterocycles. The molecular formula is C20H21F3N4O2S2. The van der Waals surface area contributed by atoms with Gasteiger partial charge in [-0.15, -0.1) is 11.3 Å². The Morgan fingerprint density at radius 2 is 1.97 bits per heavy atom. The lowest BCUT2D eigenvalue weighted by molar-refractivity contribution is -0.138. The molecule has 1 aromatic carbocycles. The van der Waals surface area contributed by atoms with Crippen LogP contribution in [0.5, 0.6) is 0 Å². The van der Waals surface area contributed by atoms with Gasteiger partial charge in [0.05, 0.1) is 28.4 Å². The van der Waals surface area contributed by atoms with Gasteiger partial charge in [0.25, 0.3) is 5.91 Å². The lowest BCUT2D eigenvalue weighted by Crippen LogP contribution is -2.36. The Hall–Kier alpha value is -2.37. The van der Waals surface area contributed by atoms with E-state index in [9.17, 15) is 18.0 Å². The fourth-order valence-electron chi connectivity index (χ4n) is 3.29. The number of anilines is 2. The van der Waals surface area contributed by atoms with Gasteiger partial charge in [0.15, 0.2) is 5.13 Å². The molecule has 0 unspecified atom stereocenters. The van der Waals surface area contributed by atoms with E-state index in [1.165, 1.54) is 28.7 Å². The summed E-state index contributed by atoms with van der Waals surface area (Å²) in [4.78, 5) is 21.9. The molecular weight excluding hydrogens is 449 g/mol. The van der Waals surface area contributed by atoms with Gasteiger partial charge in [-0.2, -0.15) is 13.2 Å². The van der Waals surface area contributed by atoms with Crippen molar-refractivity contribution in [3.05, 3.63) is 40.3 Å². The number of nitrogens with one attached hydrogen (secondary N) is 1. The number of fused-ring (bicyclic) bond motifs is 1. The molecule has 1 fully saturated rings. The number of halogens is 3. The third kappa shape index (κ3) is 4.78. The zero-order valence-electron chi connectivity index (χ0n) is 17.0.